The summed E-state index contributed by atoms with van der Waals surface area (Å²) in [5, 5.41) is 13.7. The number of fused-ring (bicyclic) bond motifs is 1. The number of amides is 1. The third-order valence-electron chi connectivity index (χ3n) is 5.57. The van der Waals surface area contributed by atoms with Gasteiger partial charge >= 0.3 is 0 Å². The van der Waals surface area contributed by atoms with Gasteiger partial charge in [-0.3, -0.25) is 4.79 Å². The van der Waals surface area contributed by atoms with Crippen molar-refractivity contribution in [3.8, 4) is 10.7 Å². The molecule has 0 spiro atoms. The SMILES string of the molecule is CCC1CCc2sc(-c3nnc(SCC(=O)N(C)Cc4ccsc4)n3C)cc2C1. The number of thiophene rings is 2. The van der Waals surface area contributed by atoms with Crippen LogP contribution >= 0.6 is 34.4 Å². The van der Waals surface area contributed by atoms with Gasteiger partial charge in [0.2, 0.25) is 5.91 Å². The third-order valence-corrected chi connectivity index (χ3v) is 8.54. The molecule has 1 unspecified atom stereocenters. The Morgan fingerprint density at radius 2 is 2.28 bits per heavy atom. The van der Waals surface area contributed by atoms with Gasteiger partial charge in [0.15, 0.2) is 11.0 Å². The van der Waals surface area contributed by atoms with Crippen molar-refractivity contribution in [3.63, 3.8) is 0 Å². The Morgan fingerprint density at radius 1 is 1.41 bits per heavy atom. The van der Waals surface area contributed by atoms with E-state index in [4.69, 9.17) is 0 Å². The summed E-state index contributed by atoms with van der Waals surface area (Å²) in [4.78, 5) is 16.9. The standard InChI is InChI=1S/C21H26N4OS3/c1-4-14-5-6-17-16(9-14)10-18(29-17)20-22-23-21(25(20)3)28-13-19(26)24(2)11-15-7-8-27-12-15/h7-8,10,12,14H,4-6,9,11,13H2,1-3H3. The van der Waals surface area contributed by atoms with Crippen molar-refractivity contribution >= 4 is 40.3 Å². The molecular weight excluding hydrogens is 420 g/mol. The minimum atomic E-state index is 0.0999. The Hall–Kier alpha value is -1.64. The van der Waals surface area contributed by atoms with E-state index in [2.05, 4.69) is 34.6 Å². The summed E-state index contributed by atoms with van der Waals surface area (Å²) in [6, 6.07) is 4.36. The molecule has 5 nitrogen and oxygen atoms in total. The van der Waals surface area contributed by atoms with Gasteiger partial charge in [-0.25, -0.2) is 0 Å². The fourth-order valence-corrected chi connectivity index (χ4v) is 6.43. The number of thioether (sulfide) groups is 1. The van der Waals surface area contributed by atoms with E-state index in [0.717, 1.165) is 16.9 Å². The summed E-state index contributed by atoms with van der Waals surface area (Å²) in [6.07, 6.45) is 4.92. The third kappa shape index (κ3) is 4.59. The summed E-state index contributed by atoms with van der Waals surface area (Å²) in [5.74, 6) is 2.18. The summed E-state index contributed by atoms with van der Waals surface area (Å²) in [6.45, 7) is 2.93. The number of hydrogen-bond donors (Lipinski definition) is 0. The number of rotatable bonds is 7. The average Bonchev–Trinajstić information content (AvgIpc) is 3.45. The van der Waals surface area contributed by atoms with Gasteiger partial charge in [-0.2, -0.15) is 11.3 Å². The molecule has 3 aromatic heterocycles. The molecule has 1 amide bonds. The van der Waals surface area contributed by atoms with E-state index in [9.17, 15) is 4.79 Å². The molecule has 1 aliphatic rings. The van der Waals surface area contributed by atoms with Crippen LogP contribution in [0.15, 0.2) is 28.0 Å². The zero-order chi connectivity index (χ0) is 20.4. The summed E-state index contributed by atoms with van der Waals surface area (Å²) in [7, 11) is 3.84. The van der Waals surface area contributed by atoms with Gasteiger partial charge in [-0.15, -0.1) is 21.5 Å². The van der Waals surface area contributed by atoms with Crippen molar-refractivity contribution in [2.75, 3.05) is 12.8 Å². The topological polar surface area (TPSA) is 51.0 Å². The second-order valence-corrected chi connectivity index (χ2v) is 10.5. The summed E-state index contributed by atoms with van der Waals surface area (Å²) < 4.78 is 2.02. The number of aryl methyl sites for hydroxylation is 1. The van der Waals surface area contributed by atoms with Gasteiger partial charge in [0.25, 0.3) is 0 Å². The van der Waals surface area contributed by atoms with Gasteiger partial charge in [0.1, 0.15) is 0 Å². The first-order valence-electron chi connectivity index (χ1n) is 9.94. The lowest BCUT2D eigenvalue weighted by Gasteiger charge is -2.19. The fourth-order valence-electron chi connectivity index (χ4n) is 3.69. The fraction of sp³-hybridized carbons (Fsp3) is 0.476. The first kappa shape index (κ1) is 20.6. The molecule has 8 heteroatoms. The molecule has 3 aromatic rings. The molecule has 154 valence electrons. The van der Waals surface area contributed by atoms with Crippen LogP contribution in [0, 0.1) is 5.92 Å². The molecule has 0 fully saturated rings. The first-order chi connectivity index (χ1) is 14.0. The zero-order valence-corrected chi connectivity index (χ0v) is 19.5. The Kier molecular flexibility index (Phi) is 6.41. The van der Waals surface area contributed by atoms with Gasteiger partial charge in [0.05, 0.1) is 10.6 Å². The summed E-state index contributed by atoms with van der Waals surface area (Å²) in [5.41, 5.74) is 2.66. The van der Waals surface area contributed by atoms with Crippen molar-refractivity contribution in [1.29, 1.82) is 0 Å². The number of hydrogen-bond acceptors (Lipinski definition) is 6. The predicted molar refractivity (Wildman–Crippen MR) is 122 cm³/mol. The Morgan fingerprint density at radius 3 is 3.03 bits per heavy atom. The van der Waals surface area contributed by atoms with Crippen LogP contribution in [0.4, 0.5) is 0 Å². The van der Waals surface area contributed by atoms with E-state index in [1.807, 2.05) is 35.4 Å². The molecule has 0 aromatic carbocycles. The number of nitrogens with zero attached hydrogens (tertiary/aromatic N) is 4. The van der Waals surface area contributed by atoms with Crippen molar-refractivity contribution in [2.24, 2.45) is 13.0 Å². The average molecular weight is 447 g/mol. The van der Waals surface area contributed by atoms with Crippen molar-refractivity contribution in [3.05, 3.63) is 38.9 Å². The molecule has 4 rings (SSSR count). The van der Waals surface area contributed by atoms with Crippen molar-refractivity contribution in [2.45, 2.75) is 44.3 Å². The van der Waals surface area contributed by atoms with Gasteiger partial charge in [-0.1, -0.05) is 25.1 Å². The van der Waals surface area contributed by atoms with Crippen molar-refractivity contribution in [1.82, 2.24) is 19.7 Å². The molecule has 0 bridgehead atoms. The minimum Gasteiger partial charge on any atom is -0.341 e. The maximum absolute atomic E-state index is 12.5. The first-order valence-corrected chi connectivity index (χ1v) is 12.7. The lowest BCUT2D eigenvalue weighted by atomic mass is 9.87. The van der Waals surface area contributed by atoms with Gasteiger partial charge in [0, 0.05) is 25.5 Å². The molecule has 1 atom stereocenters. The van der Waals surface area contributed by atoms with Crippen LogP contribution in [0.25, 0.3) is 10.7 Å². The van der Waals surface area contributed by atoms with E-state index < -0.39 is 0 Å². The lowest BCUT2D eigenvalue weighted by Crippen LogP contribution is -2.27. The highest BCUT2D eigenvalue weighted by Crippen LogP contribution is 2.38. The van der Waals surface area contributed by atoms with Crippen LogP contribution in [-0.4, -0.2) is 38.4 Å². The molecule has 0 radical (unpaired) electrons. The Balaban J connectivity index is 1.40. The number of aromatic nitrogens is 3. The smallest absolute Gasteiger partial charge is 0.233 e. The number of carbonyl (C=O) groups excluding carboxylic acids is 1. The highest BCUT2D eigenvalue weighted by atomic mass is 32.2. The van der Waals surface area contributed by atoms with E-state index in [1.165, 1.54) is 58.3 Å². The normalized spacial score (nSPS) is 16.0. The predicted octanol–water partition coefficient (Wildman–Crippen LogP) is 4.87. The summed E-state index contributed by atoms with van der Waals surface area (Å²) >= 11 is 4.96. The molecule has 1 aliphatic carbocycles. The van der Waals surface area contributed by atoms with Crippen LogP contribution in [0.5, 0.6) is 0 Å². The molecule has 0 saturated carbocycles. The quantitative estimate of drug-likeness (QED) is 0.486. The van der Waals surface area contributed by atoms with E-state index in [0.29, 0.717) is 12.3 Å². The molecule has 0 aliphatic heterocycles. The van der Waals surface area contributed by atoms with Crippen LogP contribution < -0.4 is 0 Å². The second kappa shape index (κ2) is 9.02. The van der Waals surface area contributed by atoms with Crippen LogP contribution in [-0.2, 0) is 31.2 Å². The minimum absolute atomic E-state index is 0.0999. The maximum Gasteiger partial charge on any atom is 0.233 e. The second-order valence-electron chi connectivity index (χ2n) is 7.61. The molecule has 0 saturated heterocycles. The number of carbonyl (C=O) groups is 1. The molecule has 29 heavy (non-hydrogen) atoms. The van der Waals surface area contributed by atoms with Crippen LogP contribution in [0.1, 0.15) is 35.8 Å². The van der Waals surface area contributed by atoms with E-state index in [1.54, 1.807) is 16.2 Å². The highest BCUT2D eigenvalue weighted by Gasteiger charge is 2.23. The van der Waals surface area contributed by atoms with Crippen LogP contribution in [0.3, 0.4) is 0 Å². The van der Waals surface area contributed by atoms with Gasteiger partial charge in [-0.05, 0) is 59.2 Å². The van der Waals surface area contributed by atoms with Crippen molar-refractivity contribution < 1.29 is 4.79 Å². The van der Waals surface area contributed by atoms with Gasteiger partial charge < -0.3 is 9.47 Å². The largest absolute Gasteiger partial charge is 0.341 e. The van der Waals surface area contributed by atoms with E-state index in [-0.39, 0.29) is 5.91 Å². The highest BCUT2D eigenvalue weighted by molar-refractivity contribution is 7.99. The zero-order valence-electron chi connectivity index (χ0n) is 17.1. The monoisotopic (exact) mass is 446 g/mol. The van der Waals surface area contributed by atoms with Crippen LogP contribution in [0.2, 0.25) is 0 Å². The molecular formula is C21H26N4OS3. The Labute approximate surface area is 184 Å². The maximum atomic E-state index is 12.5. The molecule has 3 heterocycles. The Bertz CT molecular complexity index is 976. The lowest BCUT2D eigenvalue weighted by molar-refractivity contribution is -0.127. The van der Waals surface area contributed by atoms with E-state index >= 15 is 0 Å². The molecule has 0 N–H and O–H groups in total.